The van der Waals surface area contributed by atoms with E-state index in [-0.39, 0.29) is 16.7 Å². The zero-order valence-electron chi connectivity index (χ0n) is 17.5. The minimum atomic E-state index is -3.67. The average Bonchev–Trinajstić information content (AvgIpc) is 3.39. The van der Waals surface area contributed by atoms with E-state index in [1.807, 2.05) is 0 Å². The molecule has 1 saturated heterocycles. The molecule has 168 valence electrons. The van der Waals surface area contributed by atoms with Crippen LogP contribution in [0.15, 0.2) is 39.9 Å². The van der Waals surface area contributed by atoms with Gasteiger partial charge in [0.15, 0.2) is 0 Å². The van der Waals surface area contributed by atoms with E-state index in [0.29, 0.717) is 59.1 Å². The van der Waals surface area contributed by atoms with Gasteiger partial charge in [-0.25, -0.2) is 13.4 Å². The number of amides is 1. The summed E-state index contributed by atoms with van der Waals surface area (Å²) in [5.74, 6) is 1.53. The largest absolute Gasteiger partial charge is 0.339 e. The highest BCUT2D eigenvalue weighted by molar-refractivity contribution is 7.89. The van der Waals surface area contributed by atoms with Crippen LogP contribution in [0.4, 0.5) is 5.82 Å². The number of nitrogens with zero attached hydrogens (tertiary/aromatic N) is 4. The van der Waals surface area contributed by atoms with Crippen molar-refractivity contribution in [3.63, 3.8) is 0 Å². The van der Waals surface area contributed by atoms with Gasteiger partial charge in [-0.1, -0.05) is 11.2 Å². The van der Waals surface area contributed by atoms with Gasteiger partial charge in [0.1, 0.15) is 5.82 Å². The number of rotatable bonds is 6. The summed E-state index contributed by atoms with van der Waals surface area (Å²) in [6.07, 6.45) is 4.65. The van der Waals surface area contributed by atoms with E-state index >= 15 is 0 Å². The summed E-state index contributed by atoms with van der Waals surface area (Å²) in [5, 5.41) is 6.83. The minimum absolute atomic E-state index is 0.127. The van der Waals surface area contributed by atoms with Gasteiger partial charge in [0, 0.05) is 36.0 Å². The summed E-state index contributed by atoms with van der Waals surface area (Å²) < 4.78 is 33.4. The molecular weight excluding hydrogens is 450 g/mol. The van der Waals surface area contributed by atoms with Crippen LogP contribution in [-0.2, 0) is 14.8 Å². The van der Waals surface area contributed by atoms with E-state index in [9.17, 15) is 13.2 Å². The van der Waals surface area contributed by atoms with Crippen LogP contribution in [0.1, 0.15) is 42.4 Å². The molecular formula is C21H23N5O4S2. The molecule has 32 heavy (non-hydrogen) atoms. The van der Waals surface area contributed by atoms with Crippen LogP contribution in [0.3, 0.4) is 0 Å². The van der Waals surface area contributed by atoms with Crippen molar-refractivity contribution in [2.24, 2.45) is 5.92 Å². The maximum Gasteiger partial charge on any atom is 0.244 e. The van der Waals surface area contributed by atoms with Gasteiger partial charge < -0.3 is 9.84 Å². The third-order valence-electron chi connectivity index (χ3n) is 5.82. The Labute approximate surface area is 189 Å². The SMILES string of the molecule is Cc1sc(-c2noc(C3CC3)n2)cc1S(=O)(=O)N1CCC(C(=O)Nc2ccccn2)CC1. The van der Waals surface area contributed by atoms with Gasteiger partial charge in [0.25, 0.3) is 0 Å². The number of pyridine rings is 1. The summed E-state index contributed by atoms with van der Waals surface area (Å²) in [4.78, 5) is 22.7. The molecule has 0 unspecified atom stereocenters. The third kappa shape index (κ3) is 4.19. The molecule has 1 amide bonds. The van der Waals surface area contributed by atoms with Crippen LogP contribution < -0.4 is 5.32 Å². The highest BCUT2D eigenvalue weighted by Crippen LogP contribution is 2.41. The van der Waals surface area contributed by atoms with E-state index in [0.717, 1.165) is 12.8 Å². The van der Waals surface area contributed by atoms with Crippen molar-refractivity contribution in [3.8, 4) is 10.7 Å². The number of carbonyl (C=O) groups excluding carboxylic acids is 1. The number of hydrogen-bond donors (Lipinski definition) is 1. The third-order valence-corrected chi connectivity index (χ3v) is 9.02. The molecule has 1 saturated carbocycles. The Kier molecular flexibility index (Phi) is 5.56. The van der Waals surface area contributed by atoms with Gasteiger partial charge in [0.2, 0.25) is 27.6 Å². The highest BCUT2D eigenvalue weighted by Gasteiger charge is 2.35. The van der Waals surface area contributed by atoms with Gasteiger partial charge in [-0.05, 0) is 50.8 Å². The number of sulfonamides is 1. The number of aryl methyl sites for hydroxylation is 1. The quantitative estimate of drug-likeness (QED) is 0.583. The van der Waals surface area contributed by atoms with Crippen molar-refractivity contribution < 1.29 is 17.7 Å². The van der Waals surface area contributed by atoms with E-state index in [1.54, 1.807) is 37.4 Å². The molecule has 1 aliphatic carbocycles. The van der Waals surface area contributed by atoms with Crippen LogP contribution in [0.2, 0.25) is 0 Å². The smallest absolute Gasteiger partial charge is 0.244 e. The second kappa shape index (κ2) is 8.38. The van der Waals surface area contributed by atoms with Gasteiger partial charge in [-0.2, -0.15) is 9.29 Å². The Morgan fingerprint density at radius 2 is 2.00 bits per heavy atom. The maximum atomic E-state index is 13.3. The topological polar surface area (TPSA) is 118 Å². The molecule has 3 aromatic heterocycles. The van der Waals surface area contributed by atoms with Crippen molar-refractivity contribution >= 4 is 33.1 Å². The average molecular weight is 474 g/mol. The second-order valence-electron chi connectivity index (χ2n) is 8.14. The van der Waals surface area contributed by atoms with Crippen LogP contribution in [0.25, 0.3) is 10.7 Å². The number of hydrogen-bond acceptors (Lipinski definition) is 8. The van der Waals surface area contributed by atoms with Crippen molar-refractivity contribution in [2.45, 2.75) is 43.4 Å². The first kappa shape index (κ1) is 21.2. The van der Waals surface area contributed by atoms with Crippen LogP contribution in [0, 0.1) is 12.8 Å². The zero-order valence-corrected chi connectivity index (χ0v) is 19.2. The zero-order chi connectivity index (χ0) is 22.3. The van der Waals surface area contributed by atoms with Gasteiger partial charge >= 0.3 is 0 Å². The first-order valence-corrected chi connectivity index (χ1v) is 12.8. The summed E-state index contributed by atoms with van der Waals surface area (Å²) in [5.41, 5.74) is 0. The lowest BCUT2D eigenvalue weighted by molar-refractivity contribution is -0.120. The van der Waals surface area contributed by atoms with Crippen molar-refractivity contribution in [1.29, 1.82) is 0 Å². The molecule has 2 fully saturated rings. The Bertz CT molecular complexity index is 1230. The number of carbonyl (C=O) groups is 1. The number of nitrogens with one attached hydrogen (secondary N) is 1. The predicted molar refractivity (Wildman–Crippen MR) is 119 cm³/mol. The van der Waals surface area contributed by atoms with E-state index in [4.69, 9.17) is 4.52 Å². The first-order valence-electron chi connectivity index (χ1n) is 10.6. The molecule has 0 atom stereocenters. The van der Waals surface area contributed by atoms with Crippen molar-refractivity contribution in [1.82, 2.24) is 19.4 Å². The number of aromatic nitrogens is 3. The summed E-state index contributed by atoms with van der Waals surface area (Å²) >= 11 is 1.35. The standard InChI is InChI=1S/C21H23N5O4S2/c1-13-17(12-16(31-13)19-24-21(30-25-19)15-5-6-15)32(28,29)26-10-7-14(8-11-26)20(27)23-18-4-2-3-9-22-18/h2-4,9,12,14-15H,5-8,10-11H2,1H3,(H,22,23,27). The lowest BCUT2D eigenvalue weighted by Gasteiger charge is -2.30. The van der Waals surface area contributed by atoms with Crippen molar-refractivity contribution in [2.75, 3.05) is 18.4 Å². The van der Waals surface area contributed by atoms with E-state index in [2.05, 4.69) is 20.4 Å². The van der Waals surface area contributed by atoms with Gasteiger partial charge in [0.05, 0.1) is 9.77 Å². The minimum Gasteiger partial charge on any atom is -0.339 e. The second-order valence-corrected chi connectivity index (χ2v) is 11.3. The Morgan fingerprint density at radius 1 is 1.22 bits per heavy atom. The number of anilines is 1. The molecule has 3 aromatic rings. The maximum absolute atomic E-state index is 13.3. The molecule has 0 aromatic carbocycles. The number of piperidine rings is 1. The molecule has 0 radical (unpaired) electrons. The fourth-order valence-electron chi connectivity index (χ4n) is 3.83. The lowest BCUT2D eigenvalue weighted by atomic mass is 9.97. The number of thiophene rings is 1. The fourth-order valence-corrected chi connectivity index (χ4v) is 6.78. The fraction of sp³-hybridized carbons (Fsp3) is 0.429. The molecule has 0 bridgehead atoms. The Hall–Kier alpha value is -2.63. The molecule has 4 heterocycles. The molecule has 1 aliphatic heterocycles. The highest BCUT2D eigenvalue weighted by atomic mass is 32.2. The van der Waals surface area contributed by atoms with E-state index in [1.165, 1.54) is 15.6 Å². The van der Waals surface area contributed by atoms with Crippen LogP contribution in [-0.4, -0.2) is 46.8 Å². The van der Waals surface area contributed by atoms with E-state index < -0.39 is 10.0 Å². The lowest BCUT2D eigenvalue weighted by Crippen LogP contribution is -2.41. The molecule has 0 spiro atoms. The van der Waals surface area contributed by atoms with Gasteiger partial charge in [-0.15, -0.1) is 11.3 Å². The molecule has 5 rings (SSSR count). The molecule has 9 nitrogen and oxygen atoms in total. The van der Waals surface area contributed by atoms with Gasteiger partial charge in [-0.3, -0.25) is 4.79 Å². The summed E-state index contributed by atoms with van der Waals surface area (Å²) in [6.45, 7) is 2.37. The molecule has 11 heteroatoms. The van der Waals surface area contributed by atoms with Crippen LogP contribution >= 0.6 is 11.3 Å². The molecule has 1 N–H and O–H groups in total. The predicted octanol–water partition coefficient (Wildman–Crippen LogP) is 3.42. The molecule has 2 aliphatic rings. The Balaban J connectivity index is 1.26. The first-order chi connectivity index (χ1) is 15.4. The monoisotopic (exact) mass is 473 g/mol. The summed E-state index contributed by atoms with van der Waals surface area (Å²) in [7, 11) is -3.67. The summed E-state index contributed by atoms with van der Waals surface area (Å²) in [6, 6.07) is 6.95. The Morgan fingerprint density at radius 3 is 2.69 bits per heavy atom. The van der Waals surface area contributed by atoms with Crippen molar-refractivity contribution in [3.05, 3.63) is 41.2 Å². The normalized spacial score (nSPS) is 18.0. The van der Waals surface area contributed by atoms with Crippen LogP contribution in [0.5, 0.6) is 0 Å².